The molecule has 8 aliphatic rings. The Kier molecular flexibility index (Phi) is 21.1. The van der Waals surface area contributed by atoms with Gasteiger partial charge in [0.25, 0.3) is 11.8 Å². The topological polar surface area (TPSA) is 227 Å². The molecule has 0 bridgehead atoms. The number of primary amides is 2. The quantitative estimate of drug-likeness (QED) is 0.0763. The van der Waals surface area contributed by atoms with E-state index in [9.17, 15) is 54.3 Å². The fourth-order valence-corrected chi connectivity index (χ4v) is 13.4. The molecule has 4 aromatic heterocycles. The first-order valence-corrected chi connectivity index (χ1v) is 33.8. The summed E-state index contributed by atoms with van der Waals surface area (Å²) in [5.41, 5.74) is 16.7. The van der Waals surface area contributed by atoms with Gasteiger partial charge < -0.3 is 39.9 Å². The lowest BCUT2D eigenvalue weighted by Crippen LogP contribution is -2.27. The molecule has 4 saturated carbocycles. The summed E-state index contributed by atoms with van der Waals surface area (Å²) in [5, 5.41) is 0. The van der Waals surface area contributed by atoms with Crippen LogP contribution in [-0.2, 0) is 35.2 Å². The van der Waals surface area contributed by atoms with Crippen LogP contribution in [-0.4, -0.2) is 81.3 Å². The molecule has 528 valence electrons. The molecule has 4 aliphatic heterocycles. The van der Waals surface area contributed by atoms with Crippen molar-refractivity contribution in [1.82, 2.24) is 19.9 Å². The van der Waals surface area contributed by atoms with Crippen molar-refractivity contribution in [3.8, 4) is 68.0 Å². The molecule has 0 unspecified atom stereocenters. The highest BCUT2D eigenvalue weighted by molar-refractivity contribution is 5.94. The zero-order valence-corrected chi connectivity index (χ0v) is 54.6. The molecule has 8 aromatic rings. The average molecular weight is 1400 g/mol. The Bertz CT molecular complexity index is 4240. The molecule has 4 N–H and O–H groups in total. The number of pyridine rings is 4. The van der Waals surface area contributed by atoms with Gasteiger partial charge in [0.15, 0.2) is 11.4 Å². The second kappa shape index (κ2) is 30.1. The van der Waals surface area contributed by atoms with Gasteiger partial charge in [-0.1, -0.05) is 7.43 Å². The molecule has 4 atom stereocenters. The van der Waals surface area contributed by atoms with Crippen molar-refractivity contribution in [2.45, 2.75) is 148 Å². The predicted octanol–water partition coefficient (Wildman–Crippen LogP) is 15.7. The number of amides is 2. The highest BCUT2D eigenvalue weighted by Gasteiger charge is 2.41. The molecule has 0 spiro atoms. The second-order valence-electron chi connectivity index (χ2n) is 26.2. The fraction of sp³-hybridized carbons (Fsp3) is 0.377. The number of rotatable bonds is 14. The van der Waals surface area contributed by atoms with Gasteiger partial charge in [-0.3, -0.25) is 9.59 Å². The van der Waals surface area contributed by atoms with Gasteiger partial charge in [0.05, 0.1) is 13.2 Å². The summed E-state index contributed by atoms with van der Waals surface area (Å²) < 4.78 is 144. The summed E-state index contributed by atoms with van der Waals surface area (Å²) in [7, 11) is 0. The van der Waals surface area contributed by atoms with Gasteiger partial charge in [0.1, 0.15) is 82.3 Å². The smallest absolute Gasteiger partial charge is 0.357 e. The largest absolute Gasteiger partial charge is 0.474 e. The van der Waals surface area contributed by atoms with E-state index >= 15 is 0 Å². The van der Waals surface area contributed by atoms with Crippen molar-refractivity contribution in [1.29, 1.82) is 0 Å². The third-order valence-electron chi connectivity index (χ3n) is 19.1. The Morgan fingerprint density at radius 2 is 0.584 bits per heavy atom. The second-order valence-corrected chi connectivity index (χ2v) is 26.2. The van der Waals surface area contributed by atoms with E-state index in [4.69, 9.17) is 39.9 Å². The SMILES string of the molecule is C.CCOC(=O)c1cc(-c2ccc(F)cc2F)c2c(n1)O[C@@H](C1CC1)CC2.CCOC(=O)c1cc(-c2ccc(F)cc2F)c2c(n1)O[C@H](C1CC1)CC2.NC(=O)c1cc(-c2ccc(F)cc2F)c2c(n1)O[C@@H](C1CC1)CC2.NC(=O)c1cc(-c2ccc(F)cc2F)c2c(n1)O[C@H](C1CC1)CC2. The third-order valence-corrected chi connectivity index (χ3v) is 19.1. The van der Waals surface area contributed by atoms with E-state index in [2.05, 4.69) is 19.9 Å². The number of hydrogen-bond donors (Lipinski definition) is 2. The van der Waals surface area contributed by atoms with Crippen LogP contribution in [0.25, 0.3) is 44.5 Å². The van der Waals surface area contributed by atoms with Crippen LogP contribution in [0, 0.1) is 70.2 Å². The first kappa shape index (κ1) is 70.8. The van der Waals surface area contributed by atoms with Crippen LogP contribution in [0.4, 0.5) is 35.1 Å². The van der Waals surface area contributed by atoms with Gasteiger partial charge in [0.2, 0.25) is 23.5 Å². The summed E-state index contributed by atoms with van der Waals surface area (Å²) in [6, 6.07) is 19.5. The number of hydrogen-bond acceptors (Lipinski definition) is 14. The number of fused-ring (bicyclic) bond motifs is 4. The Hall–Kier alpha value is -10.0. The number of halogens is 8. The fourth-order valence-electron chi connectivity index (χ4n) is 13.4. The molecule has 8 heterocycles. The van der Waals surface area contributed by atoms with Crippen LogP contribution in [0.1, 0.15) is 163 Å². The Labute approximate surface area is 577 Å². The Morgan fingerprint density at radius 3 is 0.792 bits per heavy atom. The number of nitrogens with two attached hydrogens (primary N) is 2. The van der Waals surface area contributed by atoms with Crippen molar-refractivity contribution >= 4 is 23.8 Å². The standard InChI is InChI=1S/2C20H19F2NO3.2C18H16F2N2O2.CH4/c2*1-2-25-20(24)17-10-15(13-6-5-12(21)9-16(13)22)14-7-8-18(11-3-4-11)26-19(14)23-17;2*19-10-3-4-11(14(20)7-10)13-8-15(17(21)23)22-18-12(13)5-6-16(24-18)9-1-2-9;/h2*5-6,9-11,18H,2-4,7-8H2,1H3;2*3-4,7-9,16H,1-2,5-6H2,(H2,21,23);1H4/t2*18-;2*16-;/m1010./s1. The lowest BCUT2D eigenvalue weighted by atomic mass is 9.93. The van der Waals surface area contributed by atoms with E-state index in [0.717, 1.165) is 124 Å². The molecule has 16 rings (SSSR count). The van der Waals surface area contributed by atoms with E-state index in [0.29, 0.717) is 95.1 Å². The molecular formula is C77H74F8N6O10. The third kappa shape index (κ3) is 16.1. The number of aromatic nitrogens is 4. The molecule has 0 saturated heterocycles. The summed E-state index contributed by atoms with van der Waals surface area (Å²) >= 11 is 0. The number of ether oxygens (including phenoxy) is 6. The summed E-state index contributed by atoms with van der Waals surface area (Å²) in [4.78, 5) is 64.6. The van der Waals surface area contributed by atoms with Crippen molar-refractivity contribution in [2.24, 2.45) is 35.1 Å². The first-order valence-electron chi connectivity index (χ1n) is 33.8. The number of benzene rings is 4. The molecular weight excluding hydrogens is 1320 g/mol. The molecule has 4 aliphatic carbocycles. The molecule has 4 fully saturated rings. The monoisotopic (exact) mass is 1390 g/mol. The summed E-state index contributed by atoms with van der Waals surface area (Å²) in [6.45, 7) is 3.83. The van der Waals surface area contributed by atoms with E-state index in [-0.39, 0.29) is 90.1 Å². The van der Waals surface area contributed by atoms with Gasteiger partial charge in [-0.05, 0) is 235 Å². The zero-order chi connectivity index (χ0) is 70.2. The number of carbonyl (C=O) groups is 4. The molecule has 4 aromatic carbocycles. The lowest BCUT2D eigenvalue weighted by Gasteiger charge is -2.27. The maximum Gasteiger partial charge on any atom is 0.357 e. The van der Waals surface area contributed by atoms with Crippen molar-refractivity contribution in [3.63, 3.8) is 0 Å². The normalized spacial score (nSPS) is 19.0. The van der Waals surface area contributed by atoms with Crippen LogP contribution >= 0.6 is 0 Å². The van der Waals surface area contributed by atoms with Gasteiger partial charge >= 0.3 is 11.9 Å². The molecule has 24 heteroatoms. The minimum absolute atomic E-state index is 0. The molecule has 16 nitrogen and oxygen atoms in total. The van der Waals surface area contributed by atoms with Crippen LogP contribution in [0.3, 0.4) is 0 Å². The maximum atomic E-state index is 14.4. The zero-order valence-electron chi connectivity index (χ0n) is 54.6. The highest BCUT2D eigenvalue weighted by atomic mass is 19.2. The summed E-state index contributed by atoms with van der Waals surface area (Å²) in [6.07, 6.45) is 15.4. The summed E-state index contributed by atoms with van der Waals surface area (Å²) in [5.74, 6) is -4.42. The van der Waals surface area contributed by atoms with Gasteiger partial charge in [-0.15, -0.1) is 0 Å². The van der Waals surface area contributed by atoms with E-state index in [1.807, 2.05) is 0 Å². The Balaban J connectivity index is 0.000000127. The minimum Gasteiger partial charge on any atom is -0.474 e. The predicted molar refractivity (Wildman–Crippen MR) is 356 cm³/mol. The van der Waals surface area contributed by atoms with E-state index < -0.39 is 70.3 Å². The van der Waals surface area contributed by atoms with E-state index in [1.165, 1.54) is 72.8 Å². The number of carbonyl (C=O) groups excluding carboxylic acids is 4. The molecule has 2 amide bonds. The maximum absolute atomic E-state index is 14.4. The van der Waals surface area contributed by atoms with Crippen molar-refractivity contribution < 1.29 is 82.7 Å². The van der Waals surface area contributed by atoms with Crippen molar-refractivity contribution in [2.75, 3.05) is 13.2 Å². The van der Waals surface area contributed by atoms with Crippen LogP contribution in [0.5, 0.6) is 23.5 Å². The number of nitrogens with zero attached hydrogens (tertiary/aromatic N) is 4. The van der Waals surface area contributed by atoms with Crippen LogP contribution < -0.4 is 30.4 Å². The van der Waals surface area contributed by atoms with Crippen LogP contribution in [0.15, 0.2) is 97.1 Å². The minimum atomic E-state index is -0.710. The van der Waals surface area contributed by atoms with E-state index in [1.54, 1.807) is 13.8 Å². The lowest BCUT2D eigenvalue weighted by molar-refractivity contribution is 0.0507. The molecule has 0 radical (unpaired) electrons. The van der Waals surface area contributed by atoms with Crippen LogP contribution in [0.2, 0.25) is 0 Å². The van der Waals surface area contributed by atoms with Gasteiger partial charge in [-0.2, -0.15) is 0 Å². The van der Waals surface area contributed by atoms with Gasteiger partial charge in [0, 0.05) is 68.8 Å². The van der Waals surface area contributed by atoms with Crippen molar-refractivity contribution in [3.05, 3.63) is 189 Å². The molecule has 101 heavy (non-hydrogen) atoms. The highest BCUT2D eigenvalue weighted by Crippen LogP contribution is 2.48. The average Bonchev–Trinajstić information content (AvgIpc) is 1.77. The van der Waals surface area contributed by atoms with Gasteiger partial charge in [-0.25, -0.2) is 64.6 Å². The Morgan fingerprint density at radius 1 is 0.356 bits per heavy atom. The first-order chi connectivity index (χ1) is 48.2. The number of esters is 2.